The first-order valence-corrected chi connectivity index (χ1v) is 11.4. The van der Waals surface area contributed by atoms with Crippen LogP contribution in [0.1, 0.15) is 47.4 Å². The molecule has 10 heteroatoms. The minimum absolute atomic E-state index is 0.00789. The van der Waals surface area contributed by atoms with Crippen LogP contribution in [0, 0.1) is 11.3 Å². The van der Waals surface area contributed by atoms with Crippen molar-refractivity contribution in [2.45, 2.75) is 44.6 Å². The molecule has 9 nitrogen and oxygen atoms in total. The van der Waals surface area contributed by atoms with Gasteiger partial charge in [0, 0.05) is 18.7 Å². The second-order valence-corrected chi connectivity index (χ2v) is 8.70. The summed E-state index contributed by atoms with van der Waals surface area (Å²) in [6.07, 6.45) is 5.14. The average Bonchev–Trinajstić information content (AvgIpc) is 3.53. The van der Waals surface area contributed by atoms with Gasteiger partial charge in [-0.3, -0.25) is 20.1 Å². The Morgan fingerprint density at radius 2 is 1.94 bits per heavy atom. The molecule has 1 amide bonds. The molecule has 2 aliphatic rings. The fourth-order valence-corrected chi connectivity index (χ4v) is 4.32. The van der Waals surface area contributed by atoms with Gasteiger partial charge in [0.05, 0.1) is 25.5 Å². The number of aromatic nitrogens is 2. The number of rotatable bonds is 8. The number of benzene rings is 1. The van der Waals surface area contributed by atoms with Crippen LogP contribution < -0.4 is 10.4 Å². The molecule has 4 rings (SSSR count). The van der Waals surface area contributed by atoms with Crippen LogP contribution in [-0.4, -0.2) is 59.9 Å². The van der Waals surface area contributed by atoms with Crippen molar-refractivity contribution in [2.24, 2.45) is 0 Å². The zero-order chi connectivity index (χ0) is 23.2. The van der Waals surface area contributed by atoms with Crippen molar-refractivity contribution in [1.82, 2.24) is 20.3 Å². The van der Waals surface area contributed by atoms with Crippen LogP contribution in [0.2, 0.25) is 5.02 Å². The second-order valence-electron chi connectivity index (χ2n) is 8.29. The molecule has 1 aliphatic heterocycles. The van der Waals surface area contributed by atoms with Crippen molar-refractivity contribution in [3.05, 3.63) is 52.4 Å². The number of ether oxygens (including phenoxy) is 2. The summed E-state index contributed by atoms with van der Waals surface area (Å²) in [4.78, 5) is 23.3. The molecule has 1 aromatic carbocycles. The minimum Gasteiger partial charge on any atom is -0.349 e. The van der Waals surface area contributed by atoms with Crippen molar-refractivity contribution >= 4 is 23.3 Å². The first-order valence-electron chi connectivity index (χ1n) is 11.1. The summed E-state index contributed by atoms with van der Waals surface area (Å²) in [5, 5.41) is 11.2. The van der Waals surface area contributed by atoms with Gasteiger partial charge in [0.15, 0.2) is 12.1 Å². The fraction of sp³-hybridized carbons (Fsp3) is 0.478. The van der Waals surface area contributed by atoms with Gasteiger partial charge in [-0.2, -0.15) is 10.2 Å². The fourth-order valence-electron chi connectivity index (χ4n) is 4.14. The predicted molar refractivity (Wildman–Crippen MR) is 122 cm³/mol. The van der Waals surface area contributed by atoms with Crippen molar-refractivity contribution in [3.8, 4) is 6.07 Å². The number of carbonyl (C=O) groups excluding carboxylic acids is 1. The number of anilines is 1. The van der Waals surface area contributed by atoms with Crippen molar-refractivity contribution in [2.75, 3.05) is 31.8 Å². The third kappa shape index (κ3) is 5.97. The predicted octanol–water partition coefficient (Wildman–Crippen LogP) is 2.90. The van der Waals surface area contributed by atoms with E-state index in [0.717, 1.165) is 31.2 Å². The topological polar surface area (TPSA) is 104 Å². The van der Waals surface area contributed by atoms with E-state index in [9.17, 15) is 10.1 Å². The van der Waals surface area contributed by atoms with Crippen LogP contribution in [-0.2, 0) is 16.0 Å². The number of likely N-dealkylation sites (N-methyl/N-ethyl adjacent to an activating group) is 1. The number of nitriles is 1. The standard InChI is InChI=1S/C23H27ClN6O3/c1-29(15-21-32-10-11-33-21)14-16-6-8-17(9-7-16)23(31)28-30(18-4-2-3-5-18)22-19(24)13-26-20(12-25)27-22/h6-9,13,18,21H,2-5,10-11,14-15H2,1H3,(H,28,31). The lowest BCUT2D eigenvalue weighted by Crippen LogP contribution is -2.48. The maximum absolute atomic E-state index is 13.1. The van der Waals surface area contributed by atoms with E-state index in [1.165, 1.54) is 6.20 Å². The third-order valence-electron chi connectivity index (χ3n) is 5.79. The van der Waals surface area contributed by atoms with Gasteiger partial charge in [-0.1, -0.05) is 36.6 Å². The van der Waals surface area contributed by atoms with Crippen LogP contribution >= 0.6 is 11.6 Å². The highest BCUT2D eigenvalue weighted by Gasteiger charge is 2.28. The van der Waals surface area contributed by atoms with E-state index in [1.807, 2.05) is 25.2 Å². The molecule has 2 fully saturated rings. The number of carbonyl (C=O) groups is 1. The molecule has 0 radical (unpaired) electrons. The maximum Gasteiger partial charge on any atom is 0.269 e. The maximum atomic E-state index is 13.1. The molecule has 2 aromatic rings. The van der Waals surface area contributed by atoms with Gasteiger partial charge in [0.1, 0.15) is 11.1 Å². The van der Waals surface area contributed by atoms with E-state index in [0.29, 0.717) is 37.7 Å². The van der Waals surface area contributed by atoms with E-state index >= 15 is 0 Å². The molecule has 174 valence electrons. The van der Waals surface area contributed by atoms with E-state index in [4.69, 9.17) is 21.1 Å². The largest absolute Gasteiger partial charge is 0.349 e. The molecule has 0 unspecified atom stereocenters. The van der Waals surface area contributed by atoms with E-state index < -0.39 is 0 Å². The monoisotopic (exact) mass is 470 g/mol. The molecule has 2 heterocycles. The summed E-state index contributed by atoms with van der Waals surface area (Å²) in [6.45, 7) is 2.67. The summed E-state index contributed by atoms with van der Waals surface area (Å²) >= 11 is 6.34. The van der Waals surface area contributed by atoms with Gasteiger partial charge >= 0.3 is 0 Å². The summed E-state index contributed by atoms with van der Waals surface area (Å²) in [5.74, 6) is 0.0920. The number of nitrogens with one attached hydrogen (secondary N) is 1. The van der Waals surface area contributed by atoms with Gasteiger partial charge in [-0.25, -0.2) is 4.98 Å². The van der Waals surface area contributed by atoms with Crippen LogP contribution in [0.25, 0.3) is 0 Å². The molecule has 1 aliphatic carbocycles. The number of halogens is 1. The summed E-state index contributed by atoms with van der Waals surface area (Å²) in [6, 6.07) is 9.46. The van der Waals surface area contributed by atoms with Crippen LogP contribution in [0.4, 0.5) is 5.82 Å². The Bertz CT molecular complexity index is 1000. The second kappa shape index (κ2) is 10.9. The highest BCUT2D eigenvalue weighted by Crippen LogP contribution is 2.30. The van der Waals surface area contributed by atoms with E-state index in [-0.39, 0.29) is 29.1 Å². The number of hydrogen-bond donors (Lipinski definition) is 1. The molecular weight excluding hydrogens is 444 g/mol. The summed E-state index contributed by atoms with van der Waals surface area (Å²) in [7, 11) is 2.01. The van der Waals surface area contributed by atoms with Crippen LogP contribution in [0.15, 0.2) is 30.5 Å². The Balaban J connectivity index is 1.44. The lowest BCUT2D eigenvalue weighted by Gasteiger charge is -2.30. The van der Waals surface area contributed by atoms with Crippen molar-refractivity contribution in [3.63, 3.8) is 0 Å². The zero-order valence-corrected chi connectivity index (χ0v) is 19.3. The summed E-state index contributed by atoms with van der Waals surface area (Å²) in [5.41, 5.74) is 4.57. The molecule has 0 bridgehead atoms. The minimum atomic E-state index is -0.261. The molecule has 1 saturated carbocycles. The molecule has 0 spiro atoms. The van der Waals surface area contributed by atoms with Crippen molar-refractivity contribution in [1.29, 1.82) is 5.26 Å². The smallest absolute Gasteiger partial charge is 0.269 e. The van der Waals surface area contributed by atoms with Crippen LogP contribution in [0.3, 0.4) is 0 Å². The van der Waals surface area contributed by atoms with Gasteiger partial charge in [-0.15, -0.1) is 0 Å². The van der Waals surface area contributed by atoms with Gasteiger partial charge in [0.2, 0.25) is 5.82 Å². The summed E-state index contributed by atoms with van der Waals surface area (Å²) < 4.78 is 11.0. The first-order chi connectivity index (χ1) is 16.0. The van der Waals surface area contributed by atoms with Crippen LogP contribution in [0.5, 0.6) is 0 Å². The SMILES string of the molecule is CN(Cc1ccc(C(=O)NN(c2nc(C#N)ncc2Cl)C2CCCC2)cc1)CC1OCCO1. The Morgan fingerprint density at radius 1 is 1.24 bits per heavy atom. The Hall–Kier alpha value is -2.77. The van der Waals surface area contributed by atoms with Crippen molar-refractivity contribution < 1.29 is 14.3 Å². The molecule has 1 aromatic heterocycles. The molecule has 33 heavy (non-hydrogen) atoms. The Labute approximate surface area is 198 Å². The molecule has 1 saturated heterocycles. The number of amides is 1. The molecule has 1 N–H and O–H groups in total. The first kappa shape index (κ1) is 23.4. The normalized spacial score (nSPS) is 16.8. The molecular formula is C23H27ClN6O3. The number of hydrogen-bond acceptors (Lipinski definition) is 8. The Morgan fingerprint density at radius 3 is 2.61 bits per heavy atom. The quantitative estimate of drug-likeness (QED) is 0.587. The van der Waals surface area contributed by atoms with Gasteiger partial charge < -0.3 is 9.47 Å². The Kier molecular flexibility index (Phi) is 7.73. The van der Waals surface area contributed by atoms with E-state index in [1.54, 1.807) is 17.1 Å². The zero-order valence-electron chi connectivity index (χ0n) is 18.5. The third-order valence-corrected chi connectivity index (χ3v) is 6.05. The van der Waals surface area contributed by atoms with E-state index in [2.05, 4.69) is 20.3 Å². The van der Waals surface area contributed by atoms with Gasteiger partial charge in [0.25, 0.3) is 5.91 Å². The molecule has 0 atom stereocenters. The lowest BCUT2D eigenvalue weighted by atomic mass is 10.1. The number of hydrazine groups is 1. The lowest BCUT2D eigenvalue weighted by molar-refractivity contribution is -0.0592. The highest BCUT2D eigenvalue weighted by molar-refractivity contribution is 6.32. The average molecular weight is 471 g/mol. The highest BCUT2D eigenvalue weighted by atomic mass is 35.5. The van der Waals surface area contributed by atoms with Gasteiger partial charge in [-0.05, 0) is 37.6 Å². The number of nitrogens with zero attached hydrogens (tertiary/aromatic N) is 5.